The number of anilines is 2. The van der Waals surface area contributed by atoms with Crippen molar-refractivity contribution in [3.05, 3.63) is 24.3 Å². The van der Waals surface area contributed by atoms with Crippen molar-refractivity contribution in [1.82, 2.24) is 0 Å². The summed E-state index contributed by atoms with van der Waals surface area (Å²) in [6.45, 7) is 1.24. The number of benzene rings is 1. The van der Waals surface area contributed by atoms with Crippen LogP contribution in [-0.4, -0.2) is 16.9 Å². The van der Waals surface area contributed by atoms with Gasteiger partial charge in [-0.05, 0) is 31.2 Å². The second-order valence-corrected chi connectivity index (χ2v) is 2.94. The normalized spacial score (nSPS) is 8.60. The van der Waals surface area contributed by atoms with Crippen molar-refractivity contribution in [2.45, 2.75) is 13.3 Å². The monoisotopic (exact) mass is 210 g/mol. The zero-order valence-corrected chi connectivity index (χ0v) is 8.43. The maximum absolute atomic E-state index is 9.87. The van der Waals surface area contributed by atoms with Crippen LogP contribution < -0.4 is 11.5 Å². The minimum absolute atomic E-state index is 0.312. The lowest BCUT2D eigenvalue weighted by molar-refractivity contribution is -0.139. The average Bonchev–Trinajstić information content (AvgIpc) is 2.09. The van der Waals surface area contributed by atoms with Crippen LogP contribution in [0.5, 0.6) is 0 Å². The van der Waals surface area contributed by atoms with Crippen LogP contribution in [0.15, 0.2) is 24.3 Å². The molecule has 0 fully saturated rings. The van der Waals surface area contributed by atoms with Crippen LogP contribution in [-0.2, 0) is 9.59 Å². The van der Waals surface area contributed by atoms with E-state index in [4.69, 9.17) is 16.6 Å². The summed E-state index contributed by atoms with van der Waals surface area (Å²) in [5, 5.41) is 7.86. The zero-order valence-electron chi connectivity index (χ0n) is 8.43. The fraction of sp³-hybridized carbons (Fsp3) is 0.200. The number of nitrogen functional groups attached to an aromatic ring is 2. The SMILES string of the molecule is CC(=O)CC(=O)O.Nc1ccc(N)cc1. The van der Waals surface area contributed by atoms with Gasteiger partial charge in [0.25, 0.3) is 0 Å². The first-order valence-corrected chi connectivity index (χ1v) is 4.24. The van der Waals surface area contributed by atoms with E-state index in [9.17, 15) is 9.59 Å². The second kappa shape index (κ2) is 6.42. The molecule has 0 aliphatic heterocycles. The molecular formula is C10H14N2O3. The largest absolute Gasteiger partial charge is 0.481 e. The number of rotatable bonds is 2. The quantitative estimate of drug-likeness (QED) is 0.496. The van der Waals surface area contributed by atoms with E-state index in [0.29, 0.717) is 0 Å². The third kappa shape index (κ3) is 8.29. The Kier molecular flexibility index (Phi) is 5.55. The molecule has 1 rings (SSSR count). The molecule has 0 bridgehead atoms. The molecule has 5 heteroatoms. The van der Waals surface area contributed by atoms with Gasteiger partial charge in [0.05, 0.1) is 0 Å². The second-order valence-electron chi connectivity index (χ2n) is 2.94. The Morgan fingerprint density at radius 2 is 1.47 bits per heavy atom. The lowest BCUT2D eigenvalue weighted by atomic mass is 10.3. The van der Waals surface area contributed by atoms with Crippen molar-refractivity contribution in [2.75, 3.05) is 11.5 Å². The predicted octanol–water partition coefficient (Wildman–Crippen LogP) is 0.901. The summed E-state index contributed by atoms with van der Waals surface area (Å²) in [6.07, 6.45) is -0.361. The van der Waals surface area contributed by atoms with E-state index >= 15 is 0 Å². The van der Waals surface area contributed by atoms with Gasteiger partial charge in [-0.25, -0.2) is 0 Å². The molecule has 0 saturated carbocycles. The molecule has 0 heterocycles. The predicted molar refractivity (Wildman–Crippen MR) is 58.2 cm³/mol. The lowest BCUT2D eigenvalue weighted by Gasteiger charge is -1.90. The summed E-state index contributed by atoms with van der Waals surface area (Å²) >= 11 is 0. The molecule has 0 saturated heterocycles. The van der Waals surface area contributed by atoms with Crippen LogP contribution in [0.1, 0.15) is 13.3 Å². The Bertz CT molecular complexity index is 300. The van der Waals surface area contributed by atoms with Crippen LogP contribution in [0.4, 0.5) is 11.4 Å². The lowest BCUT2D eigenvalue weighted by Crippen LogP contribution is -2.00. The summed E-state index contributed by atoms with van der Waals surface area (Å²) < 4.78 is 0. The Labute approximate surface area is 87.7 Å². The number of carboxylic acid groups (broad SMARTS) is 1. The van der Waals surface area contributed by atoms with Gasteiger partial charge in [0.1, 0.15) is 12.2 Å². The van der Waals surface area contributed by atoms with Gasteiger partial charge < -0.3 is 16.6 Å². The van der Waals surface area contributed by atoms with Gasteiger partial charge in [0.2, 0.25) is 0 Å². The fourth-order valence-electron chi connectivity index (χ4n) is 0.709. The van der Waals surface area contributed by atoms with Crippen molar-refractivity contribution in [3.8, 4) is 0 Å². The minimum atomic E-state index is -1.06. The number of Topliss-reactive ketones (excluding diaryl/α,β-unsaturated/α-hetero) is 1. The molecule has 1 aromatic rings. The Balaban J connectivity index is 0.000000265. The highest BCUT2D eigenvalue weighted by Gasteiger charge is 1.98. The van der Waals surface area contributed by atoms with Gasteiger partial charge in [-0.2, -0.15) is 0 Å². The number of nitrogens with two attached hydrogens (primary N) is 2. The van der Waals surface area contributed by atoms with Crippen LogP contribution in [0.2, 0.25) is 0 Å². The summed E-state index contributed by atoms with van der Waals surface area (Å²) in [7, 11) is 0. The molecule has 0 spiro atoms. The Hall–Kier alpha value is -2.04. The smallest absolute Gasteiger partial charge is 0.310 e. The third-order valence-electron chi connectivity index (χ3n) is 1.34. The number of carbonyl (C=O) groups excluding carboxylic acids is 1. The Morgan fingerprint density at radius 1 is 1.13 bits per heavy atom. The topological polar surface area (TPSA) is 106 Å². The number of ketones is 1. The summed E-state index contributed by atoms with van der Waals surface area (Å²) in [6, 6.07) is 7.09. The fourth-order valence-corrected chi connectivity index (χ4v) is 0.709. The van der Waals surface area contributed by atoms with Crippen molar-refractivity contribution in [3.63, 3.8) is 0 Å². The average molecular weight is 210 g/mol. The minimum Gasteiger partial charge on any atom is -0.481 e. The van der Waals surface area contributed by atoms with Gasteiger partial charge in [0, 0.05) is 11.4 Å². The van der Waals surface area contributed by atoms with E-state index in [0.717, 1.165) is 11.4 Å². The number of carbonyl (C=O) groups is 2. The number of hydrogen-bond acceptors (Lipinski definition) is 4. The van der Waals surface area contributed by atoms with Gasteiger partial charge in [-0.1, -0.05) is 0 Å². The van der Waals surface area contributed by atoms with Crippen molar-refractivity contribution >= 4 is 23.1 Å². The molecule has 0 radical (unpaired) electrons. The Morgan fingerprint density at radius 3 is 1.60 bits per heavy atom. The maximum atomic E-state index is 9.87. The molecule has 0 atom stereocenters. The standard InChI is InChI=1S/C6H8N2.C4H6O3/c7-5-1-2-6(8)4-3-5;1-3(5)2-4(6)7/h1-4H,7-8H2;2H2,1H3,(H,6,7). The summed E-state index contributed by atoms with van der Waals surface area (Å²) in [5.74, 6) is -1.37. The van der Waals surface area contributed by atoms with Gasteiger partial charge in [-0.15, -0.1) is 0 Å². The summed E-state index contributed by atoms with van der Waals surface area (Å²) in [4.78, 5) is 19.5. The molecule has 0 unspecified atom stereocenters. The van der Waals surface area contributed by atoms with E-state index in [1.54, 1.807) is 24.3 Å². The highest BCUT2D eigenvalue weighted by Crippen LogP contribution is 2.04. The highest BCUT2D eigenvalue weighted by atomic mass is 16.4. The van der Waals surface area contributed by atoms with E-state index < -0.39 is 5.97 Å². The van der Waals surface area contributed by atoms with E-state index in [-0.39, 0.29) is 12.2 Å². The van der Waals surface area contributed by atoms with Gasteiger partial charge in [0.15, 0.2) is 0 Å². The van der Waals surface area contributed by atoms with E-state index in [1.807, 2.05) is 0 Å². The van der Waals surface area contributed by atoms with Crippen molar-refractivity contribution < 1.29 is 14.7 Å². The number of aliphatic carboxylic acids is 1. The van der Waals surface area contributed by atoms with Crippen LogP contribution in [0, 0.1) is 0 Å². The zero-order chi connectivity index (χ0) is 11.8. The molecule has 82 valence electrons. The molecule has 0 aliphatic rings. The molecule has 0 aromatic heterocycles. The first-order valence-electron chi connectivity index (χ1n) is 4.24. The van der Waals surface area contributed by atoms with E-state index in [2.05, 4.69) is 0 Å². The van der Waals surface area contributed by atoms with Crippen LogP contribution >= 0.6 is 0 Å². The number of hydrogen-bond donors (Lipinski definition) is 3. The first-order chi connectivity index (χ1) is 6.91. The molecular weight excluding hydrogens is 196 g/mol. The molecule has 0 amide bonds. The highest BCUT2D eigenvalue weighted by molar-refractivity contribution is 5.93. The molecule has 0 aliphatic carbocycles. The summed E-state index contributed by atoms with van der Waals surface area (Å²) in [5.41, 5.74) is 12.2. The van der Waals surface area contributed by atoms with Crippen LogP contribution in [0.25, 0.3) is 0 Å². The molecule has 5 N–H and O–H groups in total. The molecule has 1 aromatic carbocycles. The maximum Gasteiger partial charge on any atom is 0.310 e. The number of carboxylic acids is 1. The van der Waals surface area contributed by atoms with Gasteiger partial charge >= 0.3 is 5.97 Å². The van der Waals surface area contributed by atoms with E-state index in [1.165, 1.54) is 6.92 Å². The first kappa shape index (κ1) is 13.0. The molecule has 5 nitrogen and oxygen atoms in total. The van der Waals surface area contributed by atoms with Crippen molar-refractivity contribution in [1.29, 1.82) is 0 Å². The molecule has 15 heavy (non-hydrogen) atoms. The van der Waals surface area contributed by atoms with Crippen molar-refractivity contribution in [2.24, 2.45) is 0 Å². The third-order valence-corrected chi connectivity index (χ3v) is 1.34. The van der Waals surface area contributed by atoms with Gasteiger partial charge in [-0.3, -0.25) is 9.59 Å². The van der Waals surface area contributed by atoms with Crippen LogP contribution in [0.3, 0.4) is 0 Å².